The molecule has 4 nitrogen and oxygen atoms in total. The minimum absolute atomic E-state index is 0.105. The van der Waals surface area contributed by atoms with Gasteiger partial charge in [0, 0.05) is 6.04 Å². The van der Waals surface area contributed by atoms with Crippen molar-refractivity contribution in [2.24, 2.45) is 0 Å². The number of aromatic carboxylic acids is 1. The molecule has 0 aromatic carbocycles. The Hall–Kier alpha value is -1.65. The van der Waals surface area contributed by atoms with Crippen LogP contribution in [0.15, 0.2) is 12.3 Å². The summed E-state index contributed by atoms with van der Waals surface area (Å²) in [6.45, 7) is 0. The van der Waals surface area contributed by atoms with Gasteiger partial charge in [-0.3, -0.25) is 0 Å². The van der Waals surface area contributed by atoms with Crippen molar-refractivity contribution >= 4 is 11.8 Å². The number of rotatable bonds is 3. The quantitative estimate of drug-likeness (QED) is 0.826. The number of pyridine rings is 1. The van der Waals surface area contributed by atoms with Gasteiger partial charge >= 0.3 is 5.97 Å². The van der Waals surface area contributed by atoms with E-state index in [1.54, 1.807) is 0 Å². The molecule has 0 radical (unpaired) electrons. The summed E-state index contributed by atoms with van der Waals surface area (Å²) in [7, 11) is 0. The largest absolute Gasteiger partial charge is 0.478 e. The number of nitrogens with one attached hydrogen (secondary N) is 1. The molecule has 0 saturated heterocycles. The summed E-state index contributed by atoms with van der Waals surface area (Å²) in [6.07, 6.45) is 5.34. The number of carboxylic acids is 1. The topological polar surface area (TPSA) is 62.2 Å². The minimum Gasteiger partial charge on any atom is -0.478 e. The standard InChI is InChI=1S/C11H13FN2O2/c12-7-5-9(11(15)16)10(13-6-7)14-8-3-1-2-4-8/h5-6,8H,1-4H2,(H,13,14)(H,15,16). The second kappa shape index (κ2) is 4.47. The predicted octanol–water partition coefficient (Wildman–Crippen LogP) is 2.27. The zero-order chi connectivity index (χ0) is 11.5. The summed E-state index contributed by atoms with van der Waals surface area (Å²) < 4.78 is 12.9. The van der Waals surface area contributed by atoms with E-state index in [0.29, 0.717) is 0 Å². The second-order valence-electron chi connectivity index (χ2n) is 3.98. The SMILES string of the molecule is O=C(O)c1cc(F)cnc1NC1CCCC1. The Morgan fingerprint density at radius 2 is 2.19 bits per heavy atom. The number of anilines is 1. The molecule has 1 fully saturated rings. The van der Waals surface area contributed by atoms with Crippen LogP contribution in [0, 0.1) is 5.82 Å². The van der Waals surface area contributed by atoms with Crippen LogP contribution in [-0.2, 0) is 0 Å². The molecule has 1 aromatic rings. The molecule has 5 heteroatoms. The maximum absolute atomic E-state index is 12.9. The van der Waals surface area contributed by atoms with E-state index in [1.165, 1.54) is 0 Å². The number of hydrogen-bond acceptors (Lipinski definition) is 3. The highest BCUT2D eigenvalue weighted by Gasteiger charge is 2.19. The van der Waals surface area contributed by atoms with E-state index < -0.39 is 11.8 Å². The summed E-state index contributed by atoms with van der Waals surface area (Å²) in [5.74, 6) is -1.53. The van der Waals surface area contributed by atoms with Crippen LogP contribution in [0.2, 0.25) is 0 Å². The Morgan fingerprint density at radius 3 is 2.81 bits per heavy atom. The van der Waals surface area contributed by atoms with E-state index in [2.05, 4.69) is 10.3 Å². The minimum atomic E-state index is -1.16. The third-order valence-electron chi connectivity index (χ3n) is 2.78. The van der Waals surface area contributed by atoms with Gasteiger partial charge in [0.15, 0.2) is 0 Å². The average Bonchev–Trinajstić information content (AvgIpc) is 2.73. The lowest BCUT2D eigenvalue weighted by Gasteiger charge is -2.14. The van der Waals surface area contributed by atoms with Crippen LogP contribution in [0.1, 0.15) is 36.0 Å². The summed E-state index contributed by atoms with van der Waals surface area (Å²) in [5.41, 5.74) is -0.105. The number of nitrogens with zero attached hydrogens (tertiary/aromatic N) is 1. The fourth-order valence-corrected chi connectivity index (χ4v) is 1.98. The van der Waals surface area contributed by atoms with E-state index in [0.717, 1.165) is 37.9 Å². The Labute approximate surface area is 92.5 Å². The second-order valence-corrected chi connectivity index (χ2v) is 3.98. The smallest absolute Gasteiger partial charge is 0.339 e. The van der Waals surface area contributed by atoms with Gasteiger partial charge in [-0.1, -0.05) is 12.8 Å². The zero-order valence-electron chi connectivity index (χ0n) is 8.74. The molecule has 1 heterocycles. The molecule has 2 rings (SSSR count). The molecule has 1 aromatic heterocycles. The summed E-state index contributed by atoms with van der Waals surface area (Å²) in [4.78, 5) is 14.7. The van der Waals surface area contributed by atoms with Gasteiger partial charge in [-0.2, -0.15) is 0 Å². The molecule has 0 spiro atoms. The van der Waals surface area contributed by atoms with Crippen LogP contribution in [-0.4, -0.2) is 22.1 Å². The van der Waals surface area contributed by atoms with Crippen LogP contribution in [0.25, 0.3) is 0 Å². The van der Waals surface area contributed by atoms with Crippen molar-refractivity contribution in [3.05, 3.63) is 23.6 Å². The van der Waals surface area contributed by atoms with Crippen molar-refractivity contribution in [3.8, 4) is 0 Å². The molecule has 86 valence electrons. The van der Waals surface area contributed by atoms with Crippen molar-refractivity contribution in [2.75, 3.05) is 5.32 Å². The van der Waals surface area contributed by atoms with Crippen LogP contribution >= 0.6 is 0 Å². The normalized spacial score (nSPS) is 16.3. The molecule has 0 bridgehead atoms. The Morgan fingerprint density at radius 1 is 1.50 bits per heavy atom. The zero-order valence-corrected chi connectivity index (χ0v) is 8.74. The maximum Gasteiger partial charge on any atom is 0.339 e. The fraction of sp³-hybridized carbons (Fsp3) is 0.455. The molecule has 0 atom stereocenters. The Bertz CT molecular complexity index is 403. The first-order valence-electron chi connectivity index (χ1n) is 5.32. The molecule has 1 aliphatic rings. The number of aromatic nitrogens is 1. The average molecular weight is 224 g/mol. The lowest BCUT2D eigenvalue weighted by Crippen LogP contribution is -2.18. The molecule has 2 N–H and O–H groups in total. The highest BCUT2D eigenvalue weighted by atomic mass is 19.1. The summed E-state index contributed by atoms with van der Waals surface area (Å²) in [6, 6.07) is 1.25. The Balaban J connectivity index is 2.21. The van der Waals surface area contributed by atoms with Gasteiger partial charge in [0.1, 0.15) is 17.2 Å². The van der Waals surface area contributed by atoms with E-state index in [-0.39, 0.29) is 17.4 Å². The predicted molar refractivity (Wildman–Crippen MR) is 57.0 cm³/mol. The number of halogens is 1. The molecule has 1 saturated carbocycles. The van der Waals surface area contributed by atoms with Gasteiger partial charge < -0.3 is 10.4 Å². The first-order valence-corrected chi connectivity index (χ1v) is 5.32. The van der Waals surface area contributed by atoms with Gasteiger partial charge in [0.05, 0.1) is 6.20 Å². The first kappa shape index (κ1) is 10.9. The van der Waals surface area contributed by atoms with Crippen molar-refractivity contribution in [1.82, 2.24) is 4.98 Å². The fourth-order valence-electron chi connectivity index (χ4n) is 1.98. The Kier molecular flexibility index (Phi) is 3.03. The molecular formula is C11H13FN2O2. The number of carbonyl (C=O) groups is 1. The van der Waals surface area contributed by atoms with E-state index in [4.69, 9.17) is 5.11 Å². The third kappa shape index (κ3) is 2.29. The van der Waals surface area contributed by atoms with Crippen molar-refractivity contribution < 1.29 is 14.3 Å². The molecule has 0 unspecified atom stereocenters. The van der Waals surface area contributed by atoms with E-state index in [1.807, 2.05) is 0 Å². The molecule has 0 aliphatic heterocycles. The molecule has 0 amide bonds. The number of carboxylic acid groups (broad SMARTS) is 1. The van der Waals surface area contributed by atoms with Crippen molar-refractivity contribution in [1.29, 1.82) is 0 Å². The highest BCUT2D eigenvalue weighted by molar-refractivity contribution is 5.93. The molecular weight excluding hydrogens is 211 g/mol. The summed E-state index contributed by atoms with van der Waals surface area (Å²) >= 11 is 0. The molecule has 1 aliphatic carbocycles. The van der Waals surface area contributed by atoms with Gasteiger partial charge in [0.25, 0.3) is 0 Å². The van der Waals surface area contributed by atoms with Crippen molar-refractivity contribution in [3.63, 3.8) is 0 Å². The first-order chi connectivity index (χ1) is 7.66. The van der Waals surface area contributed by atoms with Crippen molar-refractivity contribution in [2.45, 2.75) is 31.7 Å². The van der Waals surface area contributed by atoms with E-state index in [9.17, 15) is 9.18 Å². The van der Waals surface area contributed by atoms with Gasteiger partial charge in [-0.05, 0) is 18.9 Å². The summed E-state index contributed by atoms with van der Waals surface area (Å²) in [5, 5.41) is 12.0. The van der Waals surface area contributed by atoms with Gasteiger partial charge in [-0.15, -0.1) is 0 Å². The lowest BCUT2D eigenvalue weighted by atomic mass is 10.2. The maximum atomic E-state index is 12.9. The van der Waals surface area contributed by atoms with Crippen LogP contribution < -0.4 is 5.32 Å². The van der Waals surface area contributed by atoms with Crippen LogP contribution in [0.3, 0.4) is 0 Å². The van der Waals surface area contributed by atoms with E-state index >= 15 is 0 Å². The van der Waals surface area contributed by atoms with Crippen LogP contribution in [0.4, 0.5) is 10.2 Å². The highest BCUT2D eigenvalue weighted by Crippen LogP contribution is 2.23. The van der Waals surface area contributed by atoms with Gasteiger partial charge in [0.2, 0.25) is 0 Å². The third-order valence-corrected chi connectivity index (χ3v) is 2.78. The molecule has 16 heavy (non-hydrogen) atoms. The monoisotopic (exact) mass is 224 g/mol. The lowest BCUT2D eigenvalue weighted by molar-refractivity contribution is 0.0697. The number of hydrogen-bond donors (Lipinski definition) is 2. The van der Waals surface area contributed by atoms with Gasteiger partial charge in [-0.25, -0.2) is 14.2 Å². The van der Waals surface area contributed by atoms with Crippen LogP contribution in [0.5, 0.6) is 0 Å².